The molecule has 0 aliphatic heterocycles. The molecule has 0 radical (unpaired) electrons. The van der Waals surface area contributed by atoms with Crippen molar-refractivity contribution < 1.29 is 5.11 Å². The average Bonchev–Trinajstić information content (AvgIpc) is 2.29. The fourth-order valence-electron chi connectivity index (χ4n) is 2.15. The lowest BCUT2D eigenvalue weighted by Gasteiger charge is -2.32. The summed E-state index contributed by atoms with van der Waals surface area (Å²) in [5, 5.41) is 14.0. The van der Waals surface area contributed by atoms with Gasteiger partial charge >= 0.3 is 0 Å². The topological polar surface area (TPSA) is 45.1 Å². The van der Waals surface area contributed by atoms with Gasteiger partial charge in [-0.3, -0.25) is 0 Å². The Hall–Kier alpha value is -0.800. The summed E-state index contributed by atoms with van der Waals surface area (Å²) in [5.41, 5.74) is -0.584. The van der Waals surface area contributed by atoms with E-state index in [4.69, 9.17) is 11.6 Å². The number of anilines is 1. The second kappa shape index (κ2) is 5.02. The summed E-state index contributed by atoms with van der Waals surface area (Å²) in [7, 11) is 0. The first kappa shape index (κ1) is 11.7. The van der Waals surface area contributed by atoms with Crippen molar-refractivity contribution in [1.82, 2.24) is 4.98 Å². The third kappa shape index (κ3) is 2.86. The lowest BCUT2D eigenvalue weighted by molar-refractivity contribution is 0.0166. The van der Waals surface area contributed by atoms with Gasteiger partial charge in [-0.2, -0.15) is 0 Å². The zero-order valence-electron chi connectivity index (χ0n) is 9.25. The first-order valence-electron chi connectivity index (χ1n) is 5.76. The van der Waals surface area contributed by atoms with Crippen LogP contribution in [0.15, 0.2) is 18.3 Å². The Kier molecular flexibility index (Phi) is 3.66. The minimum atomic E-state index is -0.584. The zero-order valence-corrected chi connectivity index (χ0v) is 10.0. The fourth-order valence-corrected chi connectivity index (χ4v) is 2.34. The Labute approximate surface area is 101 Å². The van der Waals surface area contributed by atoms with Gasteiger partial charge in [-0.05, 0) is 25.0 Å². The molecule has 1 aliphatic rings. The minimum Gasteiger partial charge on any atom is -0.388 e. The van der Waals surface area contributed by atoms with Crippen molar-refractivity contribution in [2.45, 2.75) is 37.7 Å². The second-order valence-corrected chi connectivity index (χ2v) is 4.88. The molecule has 0 saturated heterocycles. The van der Waals surface area contributed by atoms with Gasteiger partial charge in [0.2, 0.25) is 0 Å². The Morgan fingerprint density at radius 2 is 2.12 bits per heavy atom. The van der Waals surface area contributed by atoms with E-state index in [1.807, 2.05) is 0 Å². The standard InChI is InChI=1S/C12H17ClN2O/c13-10-5-4-8-14-11(10)15-9-12(16)6-2-1-3-7-12/h4-5,8,16H,1-3,6-7,9H2,(H,14,15). The van der Waals surface area contributed by atoms with E-state index < -0.39 is 5.60 Å². The van der Waals surface area contributed by atoms with Gasteiger partial charge in [0, 0.05) is 12.7 Å². The van der Waals surface area contributed by atoms with Crippen LogP contribution in [0.4, 0.5) is 5.82 Å². The molecule has 4 heteroatoms. The molecule has 0 bridgehead atoms. The van der Waals surface area contributed by atoms with Crippen molar-refractivity contribution in [1.29, 1.82) is 0 Å². The summed E-state index contributed by atoms with van der Waals surface area (Å²) in [6.45, 7) is 0.531. The highest BCUT2D eigenvalue weighted by Crippen LogP contribution is 2.28. The van der Waals surface area contributed by atoms with Crippen LogP contribution >= 0.6 is 11.6 Å². The van der Waals surface area contributed by atoms with Gasteiger partial charge in [-0.25, -0.2) is 4.98 Å². The highest BCUT2D eigenvalue weighted by molar-refractivity contribution is 6.32. The van der Waals surface area contributed by atoms with Crippen LogP contribution in [0.3, 0.4) is 0 Å². The van der Waals surface area contributed by atoms with Crippen molar-refractivity contribution >= 4 is 17.4 Å². The molecule has 0 unspecified atom stereocenters. The number of nitrogens with one attached hydrogen (secondary N) is 1. The van der Waals surface area contributed by atoms with Crippen molar-refractivity contribution in [3.05, 3.63) is 23.4 Å². The average molecular weight is 241 g/mol. The van der Waals surface area contributed by atoms with Crippen molar-refractivity contribution in [3.63, 3.8) is 0 Å². The SMILES string of the molecule is OC1(CNc2ncccc2Cl)CCCCC1. The van der Waals surface area contributed by atoms with Crippen LogP contribution in [-0.2, 0) is 0 Å². The summed E-state index contributed by atoms with van der Waals surface area (Å²) in [5.74, 6) is 0.656. The number of halogens is 1. The molecule has 1 aromatic heterocycles. The minimum absolute atomic E-state index is 0.531. The molecule has 2 N–H and O–H groups in total. The Morgan fingerprint density at radius 3 is 2.81 bits per heavy atom. The van der Waals surface area contributed by atoms with Crippen LogP contribution in [0, 0.1) is 0 Å². The van der Waals surface area contributed by atoms with E-state index in [1.54, 1.807) is 18.3 Å². The smallest absolute Gasteiger partial charge is 0.144 e. The molecule has 3 nitrogen and oxygen atoms in total. The quantitative estimate of drug-likeness (QED) is 0.854. The number of hydrogen-bond acceptors (Lipinski definition) is 3. The number of rotatable bonds is 3. The molecule has 1 heterocycles. The lowest BCUT2D eigenvalue weighted by Crippen LogP contribution is -2.38. The van der Waals surface area contributed by atoms with E-state index in [0.29, 0.717) is 17.4 Å². The fraction of sp³-hybridized carbons (Fsp3) is 0.583. The molecule has 0 aromatic carbocycles. The Morgan fingerprint density at radius 1 is 1.38 bits per heavy atom. The Bertz CT molecular complexity index is 351. The number of aromatic nitrogens is 1. The largest absolute Gasteiger partial charge is 0.388 e. The molecule has 0 atom stereocenters. The number of aliphatic hydroxyl groups is 1. The van der Waals surface area contributed by atoms with Crippen molar-refractivity contribution in [2.24, 2.45) is 0 Å². The third-order valence-corrected chi connectivity index (χ3v) is 3.43. The Balaban J connectivity index is 1.94. The molecule has 0 amide bonds. The van der Waals surface area contributed by atoms with E-state index in [2.05, 4.69) is 10.3 Å². The number of pyridine rings is 1. The maximum absolute atomic E-state index is 10.3. The predicted molar refractivity (Wildman–Crippen MR) is 65.8 cm³/mol. The summed E-state index contributed by atoms with van der Waals surface area (Å²) >= 11 is 5.98. The van der Waals surface area contributed by atoms with Crippen LogP contribution in [0.25, 0.3) is 0 Å². The summed E-state index contributed by atoms with van der Waals surface area (Å²) < 4.78 is 0. The first-order valence-corrected chi connectivity index (χ1v) is 6.14. The lowest BCUT2D eigenvalue weighted by atomic mass is 9.85. The van der Waals surface area contributed by atoms with Crippen LogP contribution in [-0.4, -0.2) is 22.2 Å². The highest BCUT2D eigenvalue weighted by Gasteiger charge is 2.28. The molecule has 88 valence electrons. The van der Waals surface area contributed by atoms with Crippen LogP contribution in [0.5, 0.6) is 0 Å². The van der Waals surface area contributed by atoms with Crippen molar-refractivity contribution in [2.75, 3.05) is 11.9 Å². The third-order valence-electron chi connectivity index (χ3n) is 3.13. The summed E-state index contributed by atoms with van der Waals surface area (Å²) in [6, 6.07) is 3.59. The van der Waals surface area contributed by atoms with E-state index in [1.165, 1.54) is 6.42 Å². The first-order chi connectivity index (χ1) is 7.70. The van der Waals surface area contributed by atoms with Crippen molar-refractivity contribution in [3.8, 4) is 0 Å². The van der Waals surface area contributed by atoms with Gasteiger partial charge in [0.25, 0.3) is 0 Å². The maximum Gasteiger partial charge on any atom is 0.144 e. The van der Waals surface area contributed by atoms with Gasteiger partial charge < -0.3 is 10.4 Å². The molecule has 1 saturated carbocycles. The molecule has 1 aromatic rings. The van der Waals surface area contributed by atoms with Gasteiger partial charge in [-0.15, -0.1) is 0 Å². The van der Waals surface area contributed by atoms with Crippen LogP contribution in [0.1, 0.15) is 32.1 Å². The molecule has 0 spiro atoms. The summed E-state index contributed by atoms with van der Waals surface area (Å²) in [6.07, 6.45) is 6.86. The van der Waals surface area contributed by atoms with E-state index in [9.17, 15) is 5.11 Å². The van der Waals surface area contributed by atoms with Crippen LogP contribution in [0.2, 0.25) is 5.02 Å². The summed E-state index contributed by atoms with van der Waals surface area (Å²) in [4.78, 5) is 4.14. The zero-order chi connectivity index (χ0) is 11.4. The number of nitrogens with zero attached hydrogens (tertiary/aromatic N) is 1. The van der Waals surface area contributed by atoms with Crippen LogP contribution < -0.4 is 5.32 Å². The van der Waals surface area contributed by atoms with Gasteiger partial charge in [0.15, 0.2) is 0 Å². The molecule has 16 heavy (non-hydrogen) atoms. The monoisotopic (exact) mass is 240 g/mol. The predicted octanol–water partition coefficient (Wildman–Crippen LogP) is 2.84. The highest BCUT2D eigenvalue weighted by atomic mass is 35.5. The molecular formula is C12H17ClN2O. The number of hydrogen-bond donors (Lipinski definition) is 2. The van der Waals surface area contributed by atoms with Gasteiger partial charge in [0.1, 0.15) is 5.82 Å². The molecular weight excluding hydrogens is 224 g/mol. The van der Waals surface area contributed by atoms with Gasteiger partial charge in [-0.1, -0.05) is 30.9 Å². The molecule has 2 rings (SSSR count). The normalized spacial score (nSPS) is 19.4. The van der Waals surface area contributed by atoms with E-state index >= 15 is 0 Å². The second-order valence-electron chi connectivity index (χ2n) is 4.47. The van der Waals surface area contributed by atoms with E-state index in [-0.39, 0.29) is 0 Å². The molecule has 1 fully saturated rings. The maximum atomic E-state index is 10.3. The van der Waals surface area contributed by atoms with Gasteiger partial charge in [0.05, 0.1) is 10.6 Å². The molecule has 1 aliphatic carbocycles. The van der Waals surface area contributed by atoms with E-state index in [0.717, 1.165) is 25.7 Å².